The molecular formula is C25H22F3N7O. The van der Waals surface area contributed by atoms with Gasteiger partial charge in [0, 0.05) is 48.5 Å². The molecular weight excluding hydrogens is 471 g/mol. The van der Waals surface area contributed by atoms with Gasteiger partial charge in [0.25, 0.3) is 5.91 Å². The predicted octanol–water partition coefficient (Wildman–Crippen LogP) is 4.41. The molecule has 5 rings (SSSR count). The van der Waals surface area contributed by atoms with E-state index in [4.69, 9.17) is 0 Å². The highest BCUT2D eigenvalue weighted by atomic mass is 19.1. The number of rotatable bonds is 5. The Morgan fingerprint density at radius 3 is 2.75 bits per heavy atom. The quantitative estimate of drug-likeness (QED) is 0.382. The van der Waals surface area contributed by atoms with E-state index < -0.39 is 17.5 Å². The SMILES string of the molecule is Cn1cnc(C(=O)N[C@H]2CCC[C@H](Nc3nc(-c4c[nH]c5c(F)cc(F)cc45)c(C#N)cc3F)C2)c1. The molecule has 3 N–H and O–H groups in total. The minimum absolute atomic E-state index is 0.0623. The summed E-state index contributed by atoms with van der Waals surface area (Å²) >= 11 is 0. The number of H-pyrrole nitrogens is 1. The van der Waals surface area contributed by atoms with E-state index in [-0.39, 0.29) is 51.5 Å². The third-order valence-corrected chi connectivity index (χ3v) is 6.35. The fourth-order valence-electron chi connectivity index (χ4n) is 4.67. The van der Waals surface area contributed by atoms with Crippen molar-refractivity contribution in [2.24, 2.45) is 7.05 Å². The van der Waals surface area contributed by atoms with E-state index >= 15 is 0 Å². The van der Waals surface area contributed by atoms with E-state index in [2.05, 4.69) is 25.6 Å². The number of aromatic nitrogens is 4. The third-order valence-electron chi connectivity index (χ3n) is 6.35. The minimum atomic E-state index is -0.781. The summed E-state index contributed by atoms with van der Waals surface area (Å²) < 4.78 is 44.7. The molecule has 3 heterocycles. The molecule has 1 aliphatic rings. The Balaban J connectivity index is 1.39. The molecule has 1 aliphatic carbocycles. The minimum Gasteiger partial charge on any atom is -0.365 e. The van der Waals surface area contributed by atoms with Crippen LogP contribution in [-0.2, 0) is 7.05 Å². The van der Waals surface area contributed by atoms with Crippen LogP contribution in [0, 0.1) is 28.8 Å². The number of pyridine rings is 1. The Hall–Kier alpha value is -4.33. The van der Waals surface area contributed by atoms with Crippen LogP contribution in [0.5, 0.6) is 0 Å². The second-order valence-electron chi connectivity index (χ2n) is 8.94. The first-order chi connectivity index (χ1) is 17.3. The Morgan fingerprint density at radius 2 is 2.00 bits per heavy atom. The van der Waals surface area contributed by atoms with Gasteiger partial charge in [-0.2, -0.15) is 5.26 Å². The molecule has 0 unspecified atom stereocenters. The molecule has 0 spiro atoms. The lowest BCUT2D eigenvalue weighted by Gasteiger charge is -2.30. The Labute approximate surface area is 204 Å². The number of anilines is 1. The van der Waals surface area contributed by atoms with Crippen molar-refractivity contribution in [1.82, 2.24) is 24.8 Å². The summed E-state index contributed by atoms with van der Waals surface area (Å²) in [7, 11) is 1.78. The van der Waals surface area contributed by atoms with Crippen molar-refractivity contribution in [1.29, 1.82) is 5.26 Å². The van der Waals surface area contributed by atoms with E-state index in [1.54, 1.807) is 24.1 Å². The second-order valence-corrected chi connectivity index (χ2v) is 8.94. The average Bonchev–Trinajstić information content (AvgIpc) is 3.47. The molecule has 3 aromatic heterocycles. The highest BCUT2D eigenvalue weighted by molar-refractivity contribution is 5.96. The number of nitrogens with zero attached hydrogens (tertiary/aromatic N) is 4. The van der Waals surface area contributed by atoms with Crippen LogP contribution in [0.15, 0.2) is 36.9 Å². The molecule has 1 amide bonds. The maximum absolute atomic E-state index is 14.9. The van der Waals surface area contributed by atoms with E-state index in [0.717, 1.165) is 37.5 Å². The number of nitriles is 1. The maximum atomic E-state index is 14.9. The van der Waals surface area contributed by atoms with Gasteiger partial charge in [-0.15, -0.1) is 0 Å². The zero-order valence-electron chi connectivity index (χ0n) is 19.3. The smallest absolute Gasteiger partial charge is 0.271 e. The Bertz CT molecular complexity index is 1500. The zero-order chi connectivity index (χ0) is 25.4. The monoisotopic (exact) mass is 493 g/mol. The van der Waals surface area contributed by atoms with Crippen LogP contribution in [-0.4, -0.2) is 37.5 Å². The molecule has 1 aromatic carbocycles. The first-order valence-corrected chi connectivity index (χ1v) is 11.4. The largest absolute Gasteiger partial charge is 0.365 e. The van der Waals surface area contributed by atoms with Crippen LogP contribution in [0.25, 0.3) is 22.2 Å². The summed E-state index contributed by atoms with van der Waals surface area (Å²) in [4.78, 5) is 23.6. The molecule has 4 aromatic rings. The Kier molecular flexibility index (Phi) is 6.10. The van der Waals surface area contributed by atoms with Gasteiger partial charge in [-0.05, 0) is 37.8 Å². The van der Waals surface area contributed by atoms with E-state index in [9.17, 15) is 23.2 Å². The van der Waals surface area contributed by atoms with Crippen molar-refractivity contribution in [3.05, 3.63) is 65.6 Å². The van der Waals surface area contributed by atoms with Gasteiger partial charge >= 0.3 is 0 Å². The maximum Gasteiger partial charge on any atom is 0.271 e. The normalized spacial score (nSPS) is 17.6. The van der Waals surface area contributed by atoms with Crippen LogP contribution in [0.2, 0.25) is 0 Å². The van der Waals surface area contributed by atoms with Crippen molar-refractivity contribution in [3.8, 4) is 17.3 Å². The topological polar surface area (TPSA) is 111 Å². The fourth-order valence-corrected chi connectivity index (χ4v) is 4.67. The molecule has 8 nitrogen and oxygen atoms in total. The van der Waals surface area contributed by atoms with Crippen molar-refractivity contribution >= 4 is 22.6 Å². The van der Waals surface area contributed by atoms with Gasteiger partial charge in [0.05, 0.1) is 23.1 Å². The number of amides is 1. The number of hydrogen-bond acceptors (Lipinski definition) is 5. The van der Waals surface area contributed by atoms with Gasteiger partial charge in [0.2, 0.25) is 0 Å². The van der Waals surface area contributed by atoms with Crippen LogP contribution >= 0.6 is 0 Å². The zero-order valence-corrected chi connectivity index (χ0v) is 19.3. The van der Waals surface area contributed by atoms with E-state index in [1.807, 2.05) is 6.07 Å². The second kappa shape index (κ2) is 9.37. The number of aryl methyl sites for hydroxylation is 1. The summed E-state index contributed by atoms with van der Waals surface area (Å²) in [6, 6.07) is 4.54. The van der Waals surface area contributed by atoms with Crippen molar-refractivity contribution < 1.29 is 18.0 Å². The highest BCUT2D eigenvalue weighted by Crippen LogP contribution is 2.34. The number of halogens is 3. The molecule has 1 saturated carbocycles. The van der Waals surface area contributed by atoms with Crippen molar-refractivity contribution in [3.63, 3.8) is 0 Å². The van der Waals surface area contributed by atoms with Crippen LogP contribution in [0.4, 0.5) is 19.0 Å². The molecule has 1 fully saturated rings. The fraction of sp³-hybridized carbons (Fsp3) is 0.280. The van der Waals surface area contributed by atoms with Crippen LogP contribution in [0.3, 0.4) is 0 Å². The lowest BCUT2D eigenvalue weighted by molar-refractivity contribution is 0.0921. The summed E-state index contributed by atoms with van der Waals surface area (Å²) in [5.41, 5.74) is 0.715. The molecule has 0 aliphatic heterocycles. The van der Waals surface area contributed by atoms with Gasteiger partial charge in [-0.1, -0.05) is 0 Å². The Morgan fingerprint density at radius 1 is 1.19 bits per heavy atom. The average molecular weight is 493 g/mol. The molecule has 11 heteroatoms. The van der Waals surface area contributed by atoms with Crippen molar-refractivity contribution in [2.45, 2.75) is 37.8 Å². The number of nitrogens with one attached hydrogen (secondary N) is 3. The third kappa shape index (κ3) is 4.49. The lowest BCUT2D eigenvalue weighted by Crippen LogP contribution is -2.42. The predicted molar refractivity (Wildman–Crippen MR) is 126 cm³/mol. The number of carbonyl (C=O) groups is 1. The summed E-state index contributed by atoms with van der Waals surface area (Å²) in [5.74, 6) is -2.62. The molecule has 0 radical (unpaired) electrons. The first kappa shape index (κ1) is 23.4. The summed E-state index contributed by atoms with van der Waals surface area (Å²) in [6.07, 6.45) is 7.45. The van der Waals surface area contributed by atoms with Crippen LogP contribution < -0.4 is 10.6 Å². The number of benzene rings is 1. The first-order valence-electron chi connectivity index (χ1n) is 11.4. The summed E-state index contributed by atoms with van der Waals surface area (Å²) in [6.45, 7) is 0. The van der Waals surface area contributed by atoms with E-state index in [1.165, 1.54) is 6.20 Å². The number of imidazole rings is 1. The van der Waals surface area contributed by atoms with Gasteiger partial charge in [0.1, 0.15) is 23.4 Å². The molecule has 36 heavy (non-hydrogen) atoms. The number of carbonyl (C=O) groups excluding carboxylic acids is 1. The standard InChI is InChI=1S/C25H22F3N7O/c1-35-11-21(31-12-35)25(36)33-16-4-2-3-15(8-16)32-24-20(28)5-13(9-29)22(34-24)18-10-30-23-17(18)6-14(26)7-19(23)27/h5-7,10-12,15-16,30H,2-4,8H2,1H3,(H,32,34)(H,33,36)/t15-,16-/m0/s1. The number of hydrogen-bond donors (Lipinski definition) is 3. The van der Waals surface area contributed by atoms with Gasteiger partial charge in [-0.25, -0.2) is 23.1 Å². The van der Waals surface area contributed by atoms with Gasteiger partial charge in [0.15, 0.2) is 11.6 Å². The van der Waals surface area contributed by atoms with Gasteiger partial charge < -0.3 is 20.2 Å². The number of aromatic amines is 1. The van der Waals surface area contributed by atoms with Crippen LogP contribution in [0.1, 0.15) is 41.7 Å². The van der Waals surface area contributed by atoms with Gasteiger partial charge in [-0.3, -0.25) is 4.79 Å². The molecule has 184 valence electrons. The highest BCUT2D eigenvalue weighted by Gasteiger charge is 2.26. The lowest BCUT2D eigenvalue weighted by atomic mass is 9.90. The number of fused-ring (bicyclic) bond motifs is 1. The van der Waals surface area contributed by atoms with E-state index in [0.29, 0.717) is 12.1 Å². The molecule has 2 atom stereocenters. The van der Waals surface area contributed by atoms with Crippen molar-refractivity contribution in [2.75, 3.05) is 5.32 Å². The summed E-state index contributed by atoms with van der Waals surface area (Å²) in [5, 5.41) is 15.8. The molecule has 0 saturated heterocycles. The molecule has 0 bridgehead atoms.